The van der Waals surface area contributed by atoms with Crippen LogP contribution in [0.15, 0.2) is 36.5 Å². The smallest absolute Gasteiger partial charge is 0.0704 e. The van der Waals surface area contributed by atoms with Gasteiger partial charge in [0.05, 0.1) is 5.52 Å². The van der Waals surface area contributed by atoms with Gasteiger partial charge in [0.1, 0.15) is 0 Å². The summed E-state index contributed by atoms with van der Waals surface area (Å²) < 4.78 is 0. The van der Waals surface area contributed by atoms with Crippen molar-refractivity contribution in [2.45, 2.75) is 31.6 Å². The van der Waals surface area contributed by atoms with Gasteiger partial charge >= 0.3 is 0 Å². The van der Waals surface area contributed by atoms with Crippen molar-refractivity contribution in [1.82, 2.24) is 4.98 Å². The number of rotatable bonds is 2. The summed E-state index contributed by atoms with van der Waals surface area (Å²) in [7, 11) is 0. The van der Waals surface area contributed by atoms with E-state index in [1.54, 1.807) is 0 Å². The number of benzene rings is 1. The van der Waals surface area contributed by atoms with Crippen LogP contribution in [-0.4, -0.2) is 4.98 Å². The Morgan fingerprint density at radius 1 is 1.20 bits per heavy atom. The Kier molecular flexibility index (Phi) is 1.82. The maximum Gasteiger partial charge on any atom is 0.0704 e. The minimum absolute atomic E-state index is 0.475. The molecule has 0 atom stereocenters. The largest absolute Gasteiger partial charge is 0.256 e. The van der Waals surface area contributed by atoms with Crippen molar-refractivity contribution in [3.63, 3.8) is 0 Å². The van der Waals surface area contributed by atoms with Gasteiger partial charge in [0, 0.05) is 11.6 Å². The zero-order valence-electron chi connectivity index (χ0n) is 9.03. The highest BCUT2D eigenvalue weighted by Gasteiger charge is 2.43. The van der Waals surface area contributed by atoms with E-state index < -0.39 is 0 Å². The number of hydrogen-bond donors (Lipinski definition) is 0. The van der Waals surface area contributed by atoms with Crippen LogP contribution >= 0.6 is 0 Å². The first-order valence-corrected chi connectivity index (χ1v) is 5.70. The highest BCUT2D eigenvalue weighted by molar-refractivity contribution is 5.83. The molecule has 0 unspecified atom stereocenters. The molecule has 1 aromatic heterocycles. The molecule has 0 amide bonds. The van der Waals surface area contributed by atoms with Crippen LogP contribution in [0.3, 0.4) is 0 Å². The van der Waals surface area contributed by atoms with E-state index in [9.17, 15) is 0 Å². The number of para-hydroxylation sites is 1. The molecule has 1 aliphatic rings. The first kappa shape index (κ1) is 8.90. The van der Waals surface area contributed by atoms with E-state index in [1.807, 2.05) is 6.20 Å². The van der Waals surface area contributed by atoms with E-state index in [0.29, 0.717) is 5.41 Å². The first-order valence-electron chi connectivity index (χ1n) is 5.70. The number of fused-ring (bicyclic) bond motifs is 1. The molecule has 1 fully saturated rings. The van der Waals surface area contributed by atoms with Crippen LogP contribution < -0.4 is 0 Å². The highest BCUT2D eigenvalue weighted by atomic mass is 14.7. The summed E-state index contributed by atoms with van der Waals surface area (Å²) >= 11 is 0. The summed E-state index contributed by atoms with van der Waals surface area (Å²) in [5.74, 6) is 0. The zero-order chi connectivity index (χ0) is 10.3. The topological polar surface area (TPSA) is 12.9 Å². The minimum Gasteiger partial charge on any atom is -0.256 e. The van der Waals surface area contributed by atoms with Gasteiger partial charge in [0.15, 0.2) is 0 Å². The molecular formula is C14H15N. The van der Waals surface area contributed by atoms with Gasteiger partial charge in [-0.15, -0.1) is 0 Å². The molecule has 3 rings (SSSR count). The summed E-state index contributed by atoms with van der Waals surface area (Å²) in [5.41, 5.74) is 3.12. The first-order chi connectivity index (χ1) is 7.36. The summed E-state index contributed by atoms with van der Waals surface area (Å²) in [6, 6.07) is 10.7. The Bertz CT molecular complexity index is 492. The van der Waals surface area contributed by atoms with Crippen molar-refractivity contribution >= 4 is 10.9 Å². The third kappa shape index (κ3) is 1.26. The normalized spacial score (nSPS) is 17.9. The van der Waals surface area contributed by atoms with Crippen molar-refractivity contribution in [3.8, 4) is 0 Å². The predicted octanol–water partition coefficient (Wildman–Crippen LogP) is 3.68. The van der Waals surface area contributed by atoms with Gasteiger partial charge in [-0.1, -0.05) is 25.1 Å². The molecule has 1 nitrogen and oxygen atoms in total. The molecule has 1 heteroatoms. The monoisotopic (exact) mass is 197 g/mol. The average molecular weight is 197 g/mol. The van der Waals surface area contributed by atoms with E-state index in [1.165, 1.54) is 30.2 Å². The fourth-order valence-electron chi connectivity index (χ4n) is 2.52. The fourth-order valence-corrected chi connectivity index (χ4v) is 2.52. The summed E-state index contributed by atoms with van der Waals surface area (Å²) in [4.78, 5) is 4.42. The zero-order valence-corrected chi connectivity index (χ0v) is 9.03. The molecule has 1 heterocycles. The molecule has 0 saturated heterocycles. The van der Waals surface area contributed by atoms with Crippen LogP contribution in [0.5, 0.6) is 0 Å². The summed E-state index contributed by atoms with van der Waals surface area (Å²) in [6.45, 7) is 2.29. The van der Waals surface area contributed by atoms with Crippen LogP contribution in [0.4, 0.5) is 0 Å². The van der Waals surface area contributed by atoms with Crippen molar-refractivity contribution in [2.75, 3.05) is 0 Å². The number of pyridine rings is 1. The quantitative estimate of drug-likeness (QED) is 0.715. The van der Waals surface area contributed by atoms with Crippen molar-refractivity contribution in [2.24, 2.45) is 0 Å². The van der Waals surface area contributed by atoms with Gasteiger partial charge in [-0.2, -0.15) is 0 Å². The van der Waals surface area contributed by atoms with Gasteiger partial charge in [-0.05, 0) is 42.4 Å². The SMILES string of the molecule is CCC1(c2ccnc3ccccc23)CC1. The lowest BCUT2D eigenvalue weighted by Gasteiger charge is -2.15. The van der Waals surface area contributed by atoms with Crippen LogP contribution in [0.2, 0.25) is 0 Å². The highest BCUT2D eigenvalue weighted by Crippen LogP contribution is 2.52. The standard InChI is InChI=1S/C14H15N/c1-2-14(8-9-14)12-7-10-15-13-6-4-3-5-11(12)13/h3-7,10H,2,8-9H2,1H3. The lowest BCUT2D eigenvalue weighted by molar-refractivity contribution is 0.669. The van der Waals surface area contributed by atoms with E-state index in [-0.39, 0.29) is 0 Å². The van der Waals surface area contributed by atoms with Crippen LogP contribution in [-0.2, 0) is 5.41 Å². The summed E-state index contributed by atoms with van der Waals surface area (Å²) in [6.07, 6.45) is 5.89. The van der Waals surface area contributed by atoms with Gasteiger partial charge in [-0.25, -0.2) is 0 Å². The second kappa shape index (κ2) is 3.06. The average Bonchev–Trinajstić information content (AvgIpc) is 3.09. The van der Waals surface area contributed by atoms with Gasteiger partial charge in [-0.3, -0.25) is 4.98 Å². The Hall–Kier alpha value is -1.37. The molecule has 0 spiro atoms. The van der Waals surface area contributed by atoms with Gasteiger partial charge in [0.2, 0.25) is 0 Å². The Morgan fingerprint density at radius 2 is 2.00 bits per heavy atom. The molecule has 1 aromatic carbocycles. The summed E-state index contributed by atoms with van der Waals surface area (Å²) in [5, 5.41) is 1.35. The minimum atomic E-state index is 0.475. The maximum absolute atomic E-state index is 4.42. The van der Waals surface area contributed by atoms with Gasteiger partial charge < -0.3 is 0 Å². The fraction of sp³-hybridized carbons (Fsp3) is 0.357. The van der Waals surface area contributed by atoms with Gasteiger partial charge in [0.25, 0.3) is 0 Å². The molecule has 0 N–H and O–H groups in total. The molecular weight excluding hydrogens is 182 g/mol. The van der Waals surface area contributed by atoms with Crippen LogP contribution in [0.25, 0.3) is 10.9 Å². The van der Waals surface area contributed by atoms with E-state index in [2.05, 4.69) is 42.2 Å². The number of hydrogen-bond acceptors (Lipinski definition) is 1. The maximum atomic E-state index is 4.42. The lowest BCUT2D eigenvalue weighted by atomic mass is 9.90. The Labute approximate surface area is 90.2 Å². The van der Waals surface area contributed by atoms with Crippen molar-refractivity contribution in [1.29, 1.82) is 0 Å². The van der Waals surface area contributed by atoms with Crippen molar-refractivity contribution in [3.05, 3.63) is 42.1 Å². The Balaban J connectivity index is 2.27. The van der Waals surface area contributed by atoms with E-state index >= 15 is 0 Å². The predicted molar refractivity (Wildman–Crippen MR) is 62.9 cm³/mol. The molecule has 0 radical (unpaired) electrons. The molecule has 0 aliphatic heterocycles. The second-order valence-corrected chi connectivity index (χ2v) is 4.51. The molecule has 1 saturated carbocycles. The van der Waals surface area contributed by atoms with Crippen LogP contribution in [0.1, 0.15) is 31.7 Å². The molecule has 2 aromatic rings. The number of nitrogens with zero attached hydrogens (tertiary/aromatic N) is 1. The third-order valence-corrected chi connectivity index (χ3v) is 3.75. The molecule has 1 aliphatic carbocycles. The lowest BCUT2D eigenvalue weighted by Crippen LogP contribution is -2.05. The molecule has 76 valence electrons. The van der Waals surface area contributed by atoms with E-state index in [4.69, 9.17) is 0 Å². The molecule has 0 bridgehead atoms. The van der Waals surface area contributed by atoms with E-state index in [0.717, 1.165) is 5.52 Å². The second-order valence-electron chi connectivity index (χ2n) is 4.51. The molecule has 15 heavy (non-hydrogen) atoms. The Morgan fingerprint density at radius 3 is 2.73 bits per heavy atom. The third-order valence-electron chi connectivity index (χ3n) is 3.75. The van der Waals surface area contributed by atoms with Crippen LogP contribution in [0, 0.1) is 0 Å². The van der Waals surface area contributed by atoms with Crippen molar-refractivity contribution < 1.29 is 0 Å². The number of aromatic nitrogens is 1.